The molecule has 1 radical (unpaired) electrons. The van der Waals surface area contributed by atoms with Gasteiger partial charge in [0, 0.05) is 30.4 Å². The topological polar surface area (TPSA) is 94.0 Å². The minimum Gasteiger partial charge on any atom is -0.356 e. The standard InChI is InChI=1S/C15H23N4O2S/c16-8-4-1-5-9-17-13(20)7-3-2-6-12-14-11(10-22-12)18-15(21)19-14/h1,11-12,14H,2-7,9-10H2,(H,17,20)(H2,18,19,21)/t11-,12-,14-/m0/s1. The van der Waals surface area contributed by atoms with E-state index < -0.39 is 0 Å². The van der Waals surface area contributed by atoms with E-state index in [0.717, 1.165) is 31.4 Å². The lowest BCUT2D eigenvalue weighted by Crippen LogP contribution is -2.36. The average Bonchev–Trinajstić information content (AvgIpc) is 3.03. The van der Waals surface area contributed by atoms with Crippen molar-refractivity contribution in [3.8, 4) is 6.07 Å². The monoisotopic (exact) mass is 323 g/mol. The van der Waals surface area contributed by atoms with Crippen LogP contribution in [0.15, 0.2) is 0 Å². The summed E-state index contributed by atoms with van der Waals surface area (Å²) >= 11 is 1.91. The van der Waals surface area contributed by atoms with Crippen molar-refractivity contribution in [3.05, 3.63) is 6.42 Å². The Bertz CT molecular complexity index is 438. The second-order valence-corrected chi connectivity index (χ2v) is 6.93. The van der Waals surface area contributed by atoms with Crippen LogP contribution in [0.3, 0.4) is 0 Å². The molecule has 0 aromatic carbocycles. The molecule has 0 aliphatic carbocycles. The number of amides is 3. The molecular weight excluding hydrogens is 300 g/mol. The number of thioether (sulfide) groups is 1. The van der Waals surface area contributed by atoms with Crippen LogP contribution < -0.4 is 16.0 Å². The van der Waals surface area contributed by atoms with Gasteiger partial charge in [0.1, 0.15) is 0 Å². The quantitative estimate of drug-likeness (QED) is 0.441. The van der Waals surface area contributed by atoms with Crippen LogP contribution in [-0.2, 0) is 4.79 Å². The van der Waals surface area contributed by atoms with Crippen molar-refractivity contribution in [2.24, 2.45) is 0 Å². The van der Waals surface area contributed by atoms with Crippen molar-refractivity contribution in [1.29, 1.82) is 5.26 Å². The van der Waals surface area contributed by atoms with E-state index in [0.29, 0.717) is 24.6 Å². The Balaban J connectivity index is 1.50. The maximum Gasteiger partial charge on any atom is 0.315 e. The lowest BCUT2D eigenvalue weighted by atomic mass is 10.0. The smallest absolute Gasteiger partial charge is 0.315 e. The largest absolute Gasteiger partial charge is 0.356 e. The molecule has 0 saturated carbocycles. The Morgan fingerprint density at radius 3 is 3.14 bits per heavy atom. The number of nitrogens with one attached hydrogen (secondary N) is 3. The zero-order valence-corrected chi connectivity index (χ0v) is 13.5. The first kappa shape index (κ1) is 16.9. The first-order valence-electron chi connectivity index (χ1n) is 7.84. The van der Waals surface area contributed by atoms with E-state index in [4.69, 9.17) is 5.26 Å². The number of hydrogen-bond acceptors (Lipinski definition) is 4. The Morgan fingerprint density at radius 2 is 2.32 bits per heavy atom. The molecule has 0 unspecified atom stereocenters. The van der Waals surface area contributed by atoms with Gasteiger partial charge in [-0.3, -0.25) is 4.79 Å². The highest BCUT2D eigenvalue weighted by Gasteiger charge is 2.42. The SMILES string of the molecule is N#CC[CH]CCNC(=O)CCCC[C@@H]1SC[C@@H]2NC(=O)N[C@@H]21. The lowest BCUT2D eigenvalue weighted by Gasteiger charge is -2.16. The molecule has 0 bridgehead atoms. The summed E-state index contributed by atoms with van der Waals surface area (Å²) in [6, 6.07) is 2.52. The van der Waals surface area contributed by atoms with Crippen molar-refractivity contribution < 1.29 is 9.59 Å². The fourth-order valence-electron chi connectivity index (χ4n) is 2.84. The second kappa shape index (κ2) is 8.89. The number of carbonyl (C=O) groups is 2. The van der Waals surface area contributed by atoms with Gasteiger partial charge in [-0.2, -0.15) is 17.0 Å². The molecule has 22 heavy (non-hydrogen) atoms. The van der Waals surface area contributed by atoms with E-state index in [1.807, 2.05) is 24.3 Å². The third-order valence-corrected chi connectivity index (χ3v) is 5.50. The van der Waals surface area contributed by atoms with Crippen molar-refractivity contribution in [3.63, 3.8) is 0 Å². The van der Waals surface area contributed by atoms with E-state index in [2.05, 4.69) is 16.0 Å². The molecule has 0 spiro atoms. The van der Waals surface area contributed by atoms with Crippen LogP contribution in [-0.4, -0.2) is 41.6 Å². The number of nitrogens with zero attached hydrogens (tertiary/aromatic N) is 1. The zero-order valence-electron chi connectivity index (χ0n) is 12.6. The van der Waals surface area contributed by atoms with Gasteiger partial charge < -0.3 is 16.0 Å². The highest BCUT2D eigenvalue weighted by Crippen LogP contribution is 2.33. The van der Waals surface area contributed by atoms with Crippen molar-refractivity contribution in [2.75, 3.05) is 12.3 Å². The fraction of sp³-hybridized carbons (Fsp3) is 0.733. The molecule has 3 N–H and O–H groups in total. The number of fused-ring (bicyclic) bond motifs is 1. The summed E-state index contributed by atoms with van der Waals surface area (Å²) in [4.78, 5) is 22.9. The Hall–Kier alpha value is -1.42. The summed E-state index contributed by atoms with van der Waals surface area (Å²) in [5, 5.41) is 17.6. The summed E-state index contributed by atoms with van der Waals surface area (Å²) in [6.07, 6.45) is 6.52. The van der Waals surface area contributed by atoms with Crippen molar-refractivity contribution >= 4 is 23.7 Å². The molecule has 2 aliphatic heterocycles. The maximum atomic E-state index is 11.6. The van der Waals surface area contributed by atoms with Gasteiger partial charge in [0.15, 0.2) is 0 Å². The third kappa shape index (κ3) is 5.09. The number of nitriles is 1. The number of hydrogen-bond donors (Lipinski definition) is 3. The van der Waals surface area contributed by atoms with E-state index >= 15 is 0 Å². The normalized spacial score (nSPS) is 26.0. The molecule has 3 amide bonds. The molecule has 2 aliphatic rings. The third-order valence-electron chi connectivity index (χ3n) is 3.99. The Kier molecular flexibility index (Phi) is 6.84. The molecule has 121 valence electrons. The van der Waals surface area contributed by atoms with Crippen LogP contribution in [0.25, 0.3) is 0 Å². The second-order valence-electron chi connectivity index (χ2n) is 5.66. The zero-order chi connectivity index (χ0) is 15.8. The first-order valence-corrected chi connectivity index (χ1v) is 8.89. The molecule has 2 heterocycles. The van der Waals surface area contributed by atoms with Gasteiger partial charge in [-0.25, -0.2) is 4.79 Å². The van der Waals surface area contributed by atoms with Gasteiger partial charge in [-0.15, -0.1) is 0 Å². The molecule has 0 aromatic heterocycles. The van der Waals surface area contributed by atoms with Crippen LogP contribution in [0.4, 0.5) is 4.79 Å². The molecular formula is C15H23N4O2S. The van der Waals surface area contributed by atoms with Crippen molar-refractivity contribution in [2.45, 2.75) is 55.9 Å². The Labute approximate surface area is 135 Å². The van der Waals surface area contributed by atoms with Gasteiger partial charge in [0.2, 0.25) is 5.91 Å². The minimum absolute atomic E-state index is 0.0483. The maximum absolute atomic E-state index is 11.6. The van der Waals surface area contributed by atoms with Crippen LogP contribution in [0.1, 0.15) is 38.5 Å². The lowest BCUT2D eigenvalue weighted by molar-refractivity contribution is -0.121. The van der Waals surface area contributed by atoms with Gasteiger partial charge in [0.05, 0.1) is 18.2 Å². The summed E-state index contributed by atoms with van der Waals surface area (Å²) in [5.41, 5.74) is 0. The predicted molar refractivity (Wildman–Crippen MR) is 86.1 cm³/mol. The highest BCUT2D eigenvalue weighted by atomic mass is 32.2. The number of carbonyl (C=O) groups excluding carboxylic acids is 2. The molecule has 2 saturated heterocycles. The van der Waals surface area contributed by atoms with Crippen LogP contribution in [0, 0.1) is 17.8 Å². The van der Waals surface area contributed by atoms with Gasteiger partial charge in [-0.1, -0.05) is 6.42 Å². The summed E-state index contributed by atoms with van der Waals surface area (Å²) in [7, 11) is 0. The van der Waals surface area contributed by atoms with Crippen molar-refractivity contribution in [1.82, 2.24) is 16.0 Å². The molecule has 2 rings (SSSR count). The van der Waals surface area contributed by atoms with Gasteiger partial charge in [-0.05, 0) is 25.7 Å². The number of unbranched alkanes of at least 4 members (excludes halogenated alkanes) is 3. The molecule has 7 heteroatoms. The summed E-state index contributed by atoms with van der Waals surface area (Å²) in [6.45, 7) is 0.612. The molecule has 3 atom stereocenters. The number of urea groups is 1. The van der Waals surface area contributed by atoms with E-state index in [1.165, 1.54) is 0 Å². The van der Waals surface area contributed by atoms with Crippen LogP contribution in [0.5, 0.6) is 0 Å². The highest BCUT2D eigenvalue weighted by molar-refractivity contribution is 8.00. The van der Waals surface area contributed by atoms with Gasteiger partial charge >= 0.3 is 6.03 Å². The van der Waals surface area contributed by atoms with Crippen LogP contribution in [0.2, 0.25) is 0 Å². The fourth-order valence-corrected chi connectivity index (χ4v) is 4.39. The van der Waals surface area contributed by atoms with E-state index in [1.54, 1.807) is 0 Å². The summed E-state index contributed by atoms with van der Waals surface area (Å²) in [5.74, 6) is 1.06. The molecule has 6 nitrogen and oxygen atoms in total. The van der Waals surface area contributed by atoms with E-state index in [-0.39, 0.29) is 24.0 Å². The molecule has 0 aromatic rings. The summed E-state index contributed by atoms with van der Waals surface area (Å²) < 4.78 is 0. The first-order chi connectivity index (χ1) is 10.7. The van der Waals surface area contributed by atoms with Gasteiger partial charge in [0.25, 0.3) is 0 Å². The average molecular weight is 323 g/mol. The van der Waals surface area contributed by atoms with Crippen LogP contribution >= 0.6 is 11.8 Å². The minimum atomic E-state index is -0.0483. The number of rotatable bonds is 9. The molecule has 2 fully saturated rings. The van der Waals surface area contributed by atoms with E-state index in [9.17, 15) is 9.59 Å². The predicted octanol–water partition coefficient (Wildman–Crippen LogP) is 1.34. The Morgan fingerprint density at radius 1 is 1.45 bits per heavy atom.